The Kier molecular flexibility index (Phi) is 3.43. The van der Waals surface area contributed by atoms with Gasteiger partial charge in [-0.25, -0.2) is 4.68 Å². The summed E-state index contributed by atoms with van der Waals surface area (Å²) in [5.41, 5.74) is 8.91. The van der Waals surface area contributed by atoms with Crippen LogP contribution in [0, 0.1) is 13.8 Å². The van der Waals surface area contributed by atoms with Gasteiger partial charge in [0.25, 0.3) is 0 Å². The third-order valence-corrected chi connectivity index (χ3v) is 3.73. The first-order valence-electron chi connectivity index (χ1n) is 6.33. The predicted octanol–water partition coefficient (Wildman–Crippen LogP) is 4.64. The highest BCUT2D eigenvalue weighted by Crippen LogP contribution is 2.32. The van der Waals surface area contributed by atoms with Crippen molar-refractivity contribution >= 4 is 28.9 Å². The maximum atomic E-state index is 6.20. The van der Waals surface area contributed by atoms with Gasteiger partial charge in [-0.1, -0.05) is 23.2 Å². The first-order valence-corrected chi connectivity index (χ1v) is 7.09. The van der Waals surface area contributed by atoms with Crippen LogP contribution >= 0.6 is 23.2 Å². The Morgan fingerprint density at radius 2 is 1.95 bits per heavy atom. The lowest BCUT2D eigenvalue weighted by molar-refractivity contribution is 0.505. The normalized spacial score (nSPS) is 11.0. The fourth-order valence-electron chi connectivity index (χ4n) is 2.25. The van der Waals surface area contributed by atoms with Gasteiger partial charge in [-0.05, 0) is 38.1 Å². The van der Waals surface area contributed by atoms with Crippen molar-refractivity contribution in [3.8, 4) is 16.9 Å². The summed E-state index contributed by atoms with van der Waals surface area (Å²) in [6.45, 7) is 3.77. The average molecular weight is 322 g/mol. The van der Waals surface area contributed by atoms with E-state index in [1.165, 1.54) is 0 Å². The number of benzene rings is 1. The summed E-state index contributed by atoms with van der Waals surface area (Å²) in [6, 6.07) is 7.15. The van der Waals surface area contributed by atoms with Crippen LogP contribution in [0.25, 0.3) is 16.9 Å². The van der Waals surface area contributed by atoms with Crippen LogP contribution in [0.15, 0.2) is 34.9 Å². The van der Waals surface area contributed by atoms with Gasteiger partial charge in [0.05, 0.1) is 22.6 Å². The molecule has 0 aliphatic rings. The molecule has 0 bridgehead atoms. The lowest BCUT2D eigenvalue weighted by Gasteiger charge is -2.04. The Morgan fingerprint density at radius 1 is 1.19 bits per heavy atom. The number of hydrogen-bond acceptors (Lipinski definition) is 3. The summed E-state index contributed by atoms with van der Waals surface area (Å²) < 4.78 is 7.17. The van der Waals surface area contributed by atoms with Crippen molar-refractivity contribution in [2.45, 2.75) is 13.8 Å². The maximum Gasteiger partial charge on any atom is 0.119 e. The van der Waals surface area contributed by atoms with Crippen LogP contribution in [-0.2, 0) is 0 Å². The molecule has 0 aliphatic carbocycles. The molecule has 0 spiro atoms. The molecule has 0 radical (unpaired) electrons. The van der Waals surface area contributed by atoms with Crippen LogP contribution in [0.3, 0.4) is 0 Å². The van der Waals surface area contributed by atoms with E-state index in [4.69, 9.17) is 33.4 Å². The average Bonchev–Trinajstić information content (AvgIpc) is 2.92. The third kappa shape index (κ3) is 2.52. The van der Waals surface area contributed by atoms with Crippen LogP contribution in [0.4, 0.5) is 5.69 Å². The van der Waals surface area contributed by atoms with Gasteiger partial charge in [-0.2, -0.15) is 5.10 Å². The van der Waals surface area contributed by atoms with E-state index in [-0.39, 0.29) is 0 Å². The zero-order valence-corrected chi connectivity index (χ0v) is 13.0. The minimum absolute atomic E-state index is 0.511. The summed E-state index contributed by atoms with van der Waals surface area (Å²) >= 11 is 12.1. The van der Waals surface area contributed by atoms with E-state index in [1.54, 1.807) is 29.1 Å². The molecule has 0 saturated heterocycles. The number of halogens is 2. The first-order chi connectivity index (χ1) is 9.95. The molecule has 108 valence electrons. The van der Waals surface area contributed by atoms with E-state index < -0.39 is 0 Å². The van der Waals surface area contributed by atoms with Crippen molar-refractivity contribution in [2.75, 3.05) is 5.73 Å². The Morgan fingerprint density at radius 3 is 2.57 bits per heavy atom. The predicted molar refractivity (Wildman–Crippen MR) is 85.2 cm³/mol. The number of nitrogens with zero attached hydrogens (tertiary/aromatic N) is 2. The largest absolute Gasteiger partial charge is 0.466 e. The van der Waals surface area contributed by atoms with Crippen molar-refractivity contribution in [2.24, 2.45) is 0 Å². The van der Waals surface area contributed by atoms with Crippen LogP contribution in [-0.4, -0.2) is 9.78 Å². The Bertz CT molecular complexity index is 820. The van der Waals surface area contributed by atoms with E-state index in [1.807, 2.05) is 19.9 Å². The van der Waals surface area contributed by atoms with E-state index >= 15 is 0 Å². The van der Waals surface area contributed by atoms with Gasteiger partial charge in [0.2, 0.25) is 0 Å². The second-order valence-electron chi connectivity index (χ2n) is 4.80. The van der Waals surface area contributed by atoms with Gasteiger partial charge in [0.15, 0.2) is 0 Å². The molecule has 0 saturated carbocycles. The molecule has 2 aromatic heterocycles. The maximum absolute atomic E-state index is 6.20. The van der Waals surface area contributed by atoms with Gasteiger partial charge in [0.1, 0.15) is 17.2 Å². The molecule has 3 rings (SSSR count). The van der Waals surface area contributed by atoms with Crippen molar-refractivity contribution in [1.82, 2.24) is 9.78 Å². The summed E-state index contributed by atoms with van der Waals surface area (Å²) in [4.78, 5) is 0. The molecule has 0 atom stereocenters. The lowest BCUT2D eigenvalue weighted by atomic mass is 10.1. The summed E-state index contributed by atoms with van der Waals surface area (Å²) in [5.74, 6) is 1.60. The molecule has 6 heteroatoms. The fraction of sp³-hybridized carbons (Fsp3) is 0.133. The quantitative estimate of drug-likeness (QED) is 0.748. The second kappa shape index (κ2) is 5.13. The van der Waals surface area contributed by atoms with Crippen LogP contribution in [0.1, 0.15) is 11.5 Å². The van der Waals surface area contributed by atoms with E-state index in [0.29, 0.717) is 21.4 Å². The number of aryl methyl sites for hydroxylation is 2. The standard InChI is InChI=1S/C15H13Cl2N3O/c1-8-5-11(9(2)21-8)15-13(18)7-20(19-15)14-4-3-10(16)6-12(14)17/h3-7H,18H2,1-2H3. The molecule has 0 unspecified atom stereocenters. The molecule has 2 heterocycles. The van der Waals surface area contributed by atoms with Gasteiger partial charge >= 0.3 is 0 Å². The third-order valence-electron chi connectivity index (χ3n) is 3.20. The van der Waals surface area contributed by atoms with Crippen molar-refractivity contribution < 1.29 is 4.42 Å². The summed E-state index contributed by atoms with van der Waals surface area (Å²) in [7, 11) is 0. The van der Waals surface area contributed by atoms with Crippen LogP contribution in [0.5, 0.6) is 0 Å². The van der Waals surface area contributed by atoms with E-state index in [0.717, 1.165) is 22.8 Å². The Labute approximate surface area is 132 Å². The number of rotatable bonds is 2. The molecule has 0 amide bonds. The SMILES string of the molecule is Cc1cc(-c2nn(-c3ccc(Cl)cc3Cl)cc2N)c(C)o1. The van der Waals surface area contributed by atoms with Crippen LogP contribution in [0.2, 0.25) is 10.0 Å². The lowest BCUT2D eigenvalue weighted by Crippen LogP contribution is -1.95. The van der Waals surface area contributed by atoms with Crippen molar-refractivity contribution in [3.05, 3.63) is 52.0 Å². The molecule has 0 fully saturated rings. The second-order valence-corrected chi connectivity index (χ2v) is 5.64. The minimum atomic E-state index is 0.511. The number of furan rings is 1. The zero-order chi connectivity index (χ0) is 15.1. The highest BCUT2D eigenvalue weighted by molar-refractivity contribution is 6.35. The van der Waals surface area contributed by atoms with Gasteiger partial charge in [-0.3, -0.25) is 0 Å². The number of nitrogens with two attached hydrogens (primary N) is 1. The Hall–Kier alpha value is -1.91. The topological polar surface area (TPSA) is 57.0 Å². The first kappa shape index (κ1) is 14.0. The highest BCUT2D eigenvalue weighted by Gasteiger charge is 2.16. The molecule has 1 aromatic carbocycles. The molecule has 4 nitrogen and oxygen atoms in total. The van der Waals surface area contributed by atoms with Gasteiger partial charge in [0, 0.05) is 10.6 Å². The number of aromatic nitrogens is 2. The molecule has 2 N–H and O–H groups in total. The minimum Gasteiger partial charge on any atom is -0.466 e. The molecule has 21 heavy (non-hydrogen) atoms. The number of hydrogen-bond donors (Lipinski definition) is 1. The van der Waals surface area contributed by atoms with Crippen molar-refractivity contribution in [3.63, 3.8) is 0 Å². The summed E-state index contributed by atoms with van der Waals surface area (Å²) in [5, 5.41) is 5.60. The van der Waals surface area contributed by atoms with Crippen molar-refractivity contribution in [1.29, 1.82) is 0 Å². The highest BCUT2D eigenvalue weighted by atomic mass is 35.5. The molecular weight excluding hydrogens is 309 g/mol. The smallest absolute Gasteiger partial charge is 0.119 e. The summed E-state index contributed by atoms with van der Waals surface area (Å²) in [6.07, 6.45) is 1.73. The monoisotopic (exact) mass is 321 g/mol. The van der Waals surface area contributed by atoms with Crippen LogP contribution < -0.4 is 5.73 Å². The van der Waals surface area contributed by atoms with E-state index in [9.17, 15) is 0 Å². The molecular formula is C15H13Cl2N3O. The molecule has 3 aromatic rings. The van der Waals surface area contributed by atoms with Gasteiger partial charge < -0.3 is 10.2 Å². The van der Waals surface area contributed by atoms with E-state index in [2.05, 4.69) is 5.10 Å². The number of anilines is 1. The Balaban J connectivity index is 2.11. The number of nitrogen functional groups attached to an aromatic ring is 1. The van der Waals surface area contributed by atoms with Gasteiger partial charge in [-0.15, -0.1) is 0 Å². The fourth-order valence-corrected chi connectivity index (χ4v) is 2.75. The zero-order valence-electron chi connectivity index (χ0n) is 11.5. The molecule has 0 aliphatic heterocycles.